The van der Waals surface area contributed by atoms with Crippen molar-refractivity contribution in [1.82, 2.24) is 4.31 Å². The fourth-order valence-electron chi connectivity index (χ4n) is 3.60. The first-order chi connectivity index (χ1) is 10.9. The summed E-state index contributed by atoms with van der Waals surface area (Å²) in [6.07, 6.45) is 1.40. The molecule has 0 spiro atoms. The minimum absolute atomic E-state index is 0.0203. The summed E-state index contributed by atoms with van der Waals surface area (Å²) in [6.45, 7) is 2.92. The molecule has 3 rings (SSSR count). The molecular formula is C16H22FNO4S. The van der Waals surface area contributed by atoms with Gasteiger partial charge in [-0.25, -0.2) is 12.8 Å². The van der Waals surface area contributed by atoms with Crippen molar-refractivity contribution in [2.75, 3.05) is 19.8 Å². The maximum Gasteiger partial charge on any atom is 0.243 e. The molecule has 5 nitrogen and oxygen atoms in total. The van der Waals surface area contributed by atoms with Crippen LogP contribution in [0.3, 0.4) is 0 Å². The summed E-state index contributed by atoms with van der Waals surface area (Å²) in [5, 5.41) is 10.2. The highest BCUT2D eigenvalue weighted by Crippen LogP contribution is 2.34. The molecule has 2 aliphatic rings. The zero-order chi connectivity index (χ0) is 16.6. The Morgan fingerprint density at radius 2 is 2.09 bits per heavy atom. The second kappa shape index (κ2) is 6.47. The van der Waals surface area contributed by atoms with Crippen molar-refractivity contribution < 1.29 is 22.7 Å². The van der Waals surface area contributed by atoms with Crippen LogP contribution in [0.25, 0.3) is 0 Å². The maximum atomic E-state index is 13.6. The van der Waals surface area contributed by atoms with Crippen LogP contribution in [0.15, 0.2) is 23.1 Å². The van der Waals surface area contributed by atoms with E-state index in [1.807, 2.05) is 0 Å². The predicted octanol–water partition coefficient (Wildman–Crippen LogP) is 1.68. The molecule has 3 atom stereocenters. The summed E-state index contributed by atoms with van der Waals surface area (Å²) < 4.78 is 46.3. The molecule has 1 N–H and O–H groups in total. The molecule has 3 unspecified atom stereocenters. The highest BCUT2D eigenvalue weighted by atomic mass is 32.2. The number of hydrogen-bond donors (Lipinski definition) is 1. The van der Waals surface area contributed by atoms with E-state index in [2.05, 4.69) is 0 Å². The van der Waals surface area contributed by atoms with Crippen LogP contribution < -0.4 is 0 Å². The molecule has 2 aliphatic heterocycles. The first-order valence-corrected chi connectivity index (χ1v) is 9.38. The number of hydrogen-bond acceptors (Lipinski definition) is 4. The van der Waals surface area contributed by atoms with Crippen molar-refractivity contribution in [3.8, 4) is 0 Å². The summed E-state index contributed by atoms with van der Waals surface area (Å²) in [6, 6.07) is 3.56. The minimum atomic E-state index is -3.78. The SMILES string of the molecule is Cc1cc(F)cc(S(=O)(=O)N2CCCC2C2COCCC2O)c1. The van der Waals surface area contributed by atoms with Gasteiger partial charge in [0, 0.05) is 25.1 Å². The third-order valence-electron chi connectivity index (χ3n) is 4.73. The molecule has 2 heterocycles. The maximum absolute atomic E-state index is 13.6. The second-order valence-corrected chi connectivity index (χ2v) is 8.27. The van der Waals surface area contributed by atoms with Gasteiger partial charge in [-0.05, 0) is 49.9 Å². The summed E-state index contributed by atoms with van der Waals surface area (Å²) in [5.41, 5.74) is 0.570. The quantitative estimate of drug-likeness (QED) is 0.907. The van der Waals surface area contributed by atoms with E-state index in [-0.39, 0.29) is 16.9 Å². The number of halogens is 1. The van der Waals surface area contributed by atoms with E-state index >= 15 is 0 Å². The predicted molar refractivity (Wildman–Crippen MR) is 83.0 cm³/mol. The fraction of sp³-hybridized carbons (Fsp3) is 0.625. The van der Waals surface area contributed by atoms with Crippen LogP contribution in [-0.2, 0) is 14.8 Å². The van der Waals surface area contributed by atoms with Gasteiger partial charge in [0.2, 0.25) is 10.0 Å². The highest BCUT2D eigenvalue weighted by molar-refractivity contribution is 7.89. The van der Waals surface area contributed by atoms with Gasteiger partial charge in [0.25, 0.3) is 0 Å². The van der Waals surface area contributed by atoms with Crippen molar-refractivity contribution in [2.24, 2.45) is 5.92 Å². The second-order valence-electron chi connectivity index (χ2n) is 6.38. The summed E-state index contributed by atoms with van der Waals surface area (Å²) in [4.78, 5) is -0.0203. The van der Waals surface area contributed by atoms with Gasteiger partial charge in [-0.2, -0.15) is 4.31 Å². The van der Waals surface area contributed by atoms with Crippen molar-refractivity contribution in [3.05, 3.63) is 29.6 Å². The molecule has 1 aromatic carbocycles. The molecule has 23 heavy (non-hydrogen) atoms. The highest BCUT2D eigenvalue weighted by Gasteiger charge is 2.43. The van der Waals surface area contributed by atoms with Crippen LogP contribution in [-0.4, -0.2) is 49.7 Å². The van der Waals surface area contributed by atoms with Crippen molar-refractivity contribution >= 4 is 10.0 Å². The topological polar surface area (TPSA) is 66.8 Å². The molecule has 0 radical (unpaired) electrons. The van der Waals surface area contributed by atoms with Gasteiger partial charge in [-0.3, -0.25) is 0 Å². The van der Waals surface area contributed by atoms with Gasteiger partial charge in [-0.15, -0.1) is 0 Å². The number of rotatable bonds is 3. The zero-order valence-corrected chi connectivity index (χ0v) is 13.9. The Bertz CT molecular complexity index is 658. The van der Waals surface area contributed by atoms with E-state index in [0.29, 0.717) is 38.2 Å². The van der Waals surface area contributed by atoms with Gasteiger partial charge in [0.15, 0.2) is 0 Å². The van der Waals surface area contributed by atoms with E-state index in [1.54, 1.807) is 6.92 Å². The molecular weight excluding hydrogens is 321 g/mol. The Labute approximate surface area is 136 Å². The Kier molecular flexibility index (Phi) is 4.73. The smallest absolute Gasteiger partial charge is 0.243 e. The average molecular weight is 343 g/mol. The molecule has 0 aliphatic carbocycles. The third kappa shape index (κ3) is 3.28. The molecule has 1 aromatic rings. The number of nitrogens with zero attached hydrogens (tertiary/aromatic N) is 1. The summed E-state index contributed by atoms with van der Waals surface area (Å²) in [7, 11) is -3.78. The van der Waals surface area contributed by atoms with E-state index < -0.39 is 21.9 Å². The number of aliphatic hydroxyl groups is 1. The Hall–Kier alpha value is -1.02. The number of ether oxygens (including phenoxy) is 1. The molecule has 0 aromatic heterocycles. The number of benzene rings is 1. The van der Waals surface area contributed by atoms with Crippen LogP contribution in [0.1, 0.15) is 24.8 Å². The Morgan fingerprint density at radius 1 is 1.30 bits per heavy atom. The lowest BCUT2D eigenvalue weighted by atomic mass is 9.90. The van der Waals surface area contributed by atoms with Crippen LogP contribution in [0.2, 0.25) is 0 Å². The van der Waals surface area contributed by atoms with Gasteiger partial charge < -0.3 is 9.84 Å². The molecule has 2 fully saturated rings. The number of aliphatic hydroxyl groups excluding tert-OH is 1. The lowest BCUT2D eigenvalue weighted by molar-refractivity contribution is -0.0543. The normalized spacial score (nSPS) is 29.8. The Morgan fingerprint density at radius 3 is 2.78 bits per heavy atom. The van der Waals surface area contributed by atoms with Crippen LogP contribution >= 0.6 is 0 Å². The molecule has 7 heteroatoms. The third-order valence-corrected chi connectivity index (χ3v) is 6.63. The molecule has 128 valence electrons. The van der Waals surface area contributed by atoms with E-state index in [0.717, 1.165) is 12.5 Å². The number of aryl methyl sites for hydroxylation is 1. The van der Waals surface area contributed by atoms with Gasteiger partial charge in [-0.1, -0.05) is 0 Å². The van der Waals surface area contributed by atoms with E-state index in [4.69, 9.17) is 4.74 Å². The standard InChI is InChI=1S/C16H22FNO4S/c1-11-7-12(17)9-13(8-11)23(20,21)18-5-2-3-15(18)14-10-22-6-4-16(14)19/h7-9,14-16,19H,2-6,10H2,1H3. The summed E-state index contributed by atoms with van der Waals surface area (Å²) >= 11 is 0. The monoisotopic (exact) mass is 343 g/mol. The zero-order valence-electron chi connectivity index (χ0n) is 13.1. The first-order valence-electron chi connectivity index (χ1n) is 7.94. The molecule has 0 saturated carbocycles. The largest absolute Gasteiger partial charge is 0.393 e. The van der Waals surface area contributed by atoms with Crippen molar-refractivity contribution in [2.45, 2.75) is 43.2 Å². The van der Waals surface area contributed by atoms with Crippen LogP contribution in [0.4, 0.5) is 4.39 Å². The van der Waals surface area contributed by atoms with Crippen molar-refractivity contribution in [1.29, 1.82) is 0 Å². The molecule has 2 saturated heterocycles. The van der Waals surface area contributed by atoms with E-state index in [9.17, 15) is 17.9 Å². The van der Waals surface area contributed by atoms with Gasteiger partial charge in [0.05, 0.1) is 17.6 Å². The number of sulfonamides is 1. The summed E-state index contributed by atoms with van der Waals surface area (Å²) in [5.74, 6) is -0.781. The van der Waals surface area contributed by atoms with Gasteiger partial charge >= 0.3 is 0 Å². The molecule has 0 amide bonds. The average Bonchev–Trinajstić information content (AvgIpc) is 2.96. The lowest BCUT2D eigenvalue weighted by Gasteiger charge is -2.36. The first kappa shape index (κ1) is 16.8. The van der Waals surface area contributed by atoms with Gasteiger partial charge in [0.1, 0.15) is 5.82 Å². The lowest BCUT2D eigenvalue weighted by Crippen LogP contribution is -2.48. The van der Waals surface area contributed by atoms with Crippen molar-refractivity contribution in [3.63, 3.8) is 0 Å². The minimum Gasteiger partial charge on any atom is -0.393 e. The molecule has 0 bridgehead atoms. The van der Waals surface area contributed by atoms with E-state index in [1.165, 1.54) is 16.4 Å². The fourth-order valence-corrected chi connectivity index (χ4v) is 5.45. The van der Waals surface area contributed by atoms with Crippen LogP contribution in [0.5, 0.6) is 0 Å². The Balaban J connectivity index is 1.91. The van der Waals surface area contributed by atoms with Crippen LogP contribution in [0, 0.1) is 18.7 Å².